The summed E-state index contributed by atoms with van der Waals surface area (Å²) < 4.78 is 13.2. The van der Waals surface area contributed by atoms with Crippen molar-refractivity contribution < 1.29 is 19.1 Å². The van der Waals surface area contributed by atoms with E-state index in [9.17, 15) is 19.1 Å². The van der Waals surface area contributed by atoms with Gasteiger partial charge in [0, 0.05) is 36.9 Å². The summed E-state index contributed by atoms with van der Waals surface area (Å²) in [5.74, 6) is -0.882. The molecule has 1 unspecified atom stereocenters. The minimum atomic E-state index is -1.05. The predicted molar refractivity (Wildman–Crippen MR) is 80.3 cm³/mol. The third-order valence-corrected chi connectivity index (χ3v) is 3.57. The van der Waals surface area contributed by atoms with Gasteiger partial charge in [0.1, 0.15) is 11.9 Å². The lowest BCUT2D eigenvalue weighted by molar-refractivity contribution is -0.140. The molecule has 0 saturated carbocycles. The molecule has 1 saturated heterocycles. The van der Waals surface area contributed by atoms with Crippen LogP contribution in [-0.4, -0.2) is 59.1 Å². The molecule has 0 spiro atoms. The van der Waals surface area contributed by atoms with Crippen LogP contribution in [0.3, 0.4) is 0 Å². The quantitative estimate of drug-likeness (QED) is 0.864. The first-order chi connectivity index (χ1) is 10.4. The van der Waals surface area contributed by atoms with E-state index in [1.165, 1.54) is 28.9 Å². The molecule has 1 aliphatic rings. The number of hydrogen-bond donors (Lipinski definition) is 2. The van der Waals surface area contributed by atoms with E-state index in [1.54, 1.807) is 0 Å². The Morgan fingerprint density at radius 3 is 2.36 bits per heavy atom. The number of carbonyl (C=O) groups excluding carboxylic acids is 2. The fraction of sp³-hybridized carbons (Fsp3) is 0.429. The minimum absolute atomic E-state index is 0.197. The Morgan fingerprint density at radius 2 is 1.82 bits per heavy atom. The molecule has 1 fully saturated rings. The molecule has 22 heavy (non-hydrogen) atoms. The van der Waals surface area contributed by atoms with Crippen molar-refractivity contribution >= 4 is 29.2 Å². The lowest BCUT2D eigenvalue weighted by Crippen LogP contribution is -2.53. The lowest BCUT2D eigenvalue weighted by Gasteiger charge is -2.35. The molecule has 0 aromatic heterocycles. The second-order valence-corrected chi connectivity index (χ2v) is 5.51. The van der Waals surface area contributed by atoms with Gasteiger partial charge in [-0.05, 0) is 25.1 Å². The van der Waals surface area contributed by atoms with E-state index in [0.717, 1.165) is 6.07 Å². The molecule has 6 nitrogen and oxygen atoms in total. The fourth-order valence-corrected chi connectivity index (χ4v) is 2.44. The number of aliphatic hydroxyl groups is 1. The number of nitrogens with one attached hydrogen (secondary N) is 1. The standard InChI is InChI=1S/C14H17ClFN3O3/c1-9(20)13(21)18-2-4-19(5-3-18)14(22)17-12-7-10(15)6-11(16)8-12/h6-9,20H,2-5H2,1H3,(H,17,22). The molecule has 0 bridgehead atoms. The summed E-state index contributed by atoms with van der Waals surface area (Å²) in [5.41, 5.74) is 0.275. The van der Waals surface area contributed by atoms with Gasteiger partial charge in [-0.1, -0.05) is 11.6 Å². The number of anilines is 1. The summed E-state index contributed by atoms with van der Waals surface area (Å²) >= 11 is 5.73. The highest BCUT2D eigenvalue weighted by Crippen LogP contribution is 2.18. The maximum atomic E-state index is 13.2. The van der Waals surface area contributed by atoms with Crippen molar-refractivity contribution in [1.29, 1.82) is 0 Å². The summed E-state index contributed by atoms with van der Waals surface area (Å²) in [4.78, 5) is 26.8. The molecule has 2 rings (SSSR count). The van der Waals surface area contributed by atoms with Gasteiger partial charge in [0.2, 0.25) is 0 Å². The average molecular weight is 330 g/mol. The van der Waals surface area contributed by atoms with Gasteiger partial charge in [0.25, 0.3) is 5.91 Å². The van der Waals surface area contributed by atoms with E-state index >= 15 is 0 Å². The van der Waals surface area contributed by atoms with Crippen LogP contribution < -0.4 is 5.32 Å². The zero-order valence-corrected chi connectivity index (χ0v) is 12.8. The third kappa shape index (κ3) is 4.08. The van der Waals surface area contributed by atoms with Crippen LogP contribution >= 0.6 is 11.6 Å². The van der Waals surface area contributed by atoms with Crippen molar-refractivity contribution in [1.82, 2.24) is 9.80 Å². The number of halogens is 2. The molecular weight excluding hydrogens is 313 g/mol. The second-order valence-electron chi connectivity index (χ2n) is 5.08. The Morgan fingerprint density at radius 1 is 1.23 bits per heavy atom. The molecule has 2 N–H and O–H groups in total. The van der Waals surface area contributed by atoms with Gasteiger partial charge >= 0.3 is 6.03 Å². The highest BCUT2D eigenvalue weighted by atomic mass is 35.5. The number of hydrogen-bond acceptors (Lipinski definition) is 3. The number of piperazine rings is 1. The third-order valence-electron chi connectivity index (χ3n) is 3.35. The molecule has 120 valence electrons. The maximum Gasteiger partial charge on any atom is 0.321 e. The highest BCUT2D eigenvalue weighted by Gasteiger charge is 2.26. The molecule has 1 atom stereocenters. The minimum Gasteiger partial charge on any atom is -0.384 e. The van der Waals surface area contributed by atoms with Gasteiger partial charge in [-0.15, -0.1) is 0 Å². The van der Waals surface area contributed by atoms with Crippen LogP contribution in [0, 0.1) is 5.82 Å². The molecule has 1 aromatic carbocycles. The number of aliphatic hydroxyl groups excluding tert-OH is 1. The van der Waals surface area contributed by atoms with Gasteiger partial charge in [-0.3, -0.25) is 4.79 Å². The zero-order valence-electron chi connectivity index (χ0n) is 12.1. The summed E-state index contributed by atoms with van der Waals surface area (Å²) in [6.45, 7) is 2.79. The molecule has 1 heterocycles. The van der Waals surface area contributed by atoms with Gasteiger partial charge in [-0.25, -0.2) is 9.18 Å². The van der Waals surface area contributed by atoms with Crippen molar-refractivity contribution in [3.05, 3.63) is 29.0 Å². The summed E-state index contributed by atoms with van der Waals surface area (Å²) in [7, 11) is 0. The topological polar surface area (TPSA) is 72.9 Å². The van der Waals surface area contributed by atoms with E-state index in [0.29, 0.717) is 26.2 Å². The predicted octanol–water partition coefficient (Wildman–Crippen LogP) is 1.54. The van der Waals surface area contributed by atoms with E-state index in [4.69, 9.17) is 11.6 Å². The van der Waals surface area contributed by atoms with E-state index < -0.39 is 11.9 Å². The van der Waals surface area contributed by atoms with Crippen LogP contribution in [0.4, 0.5) is 14.9 Å². The summed E-state index contributed by atoms with van der Waals surface area (Å²) in [5, 5.41) is 12.0. The van der Waals surface area contributed by atoms with Crippen LogP contribution in [-0.2, 0) is 4.79 Å². The second kappa shape index (κ2) is 6.93. The van der Waals surface area contributed by atoms with Crippen LogP contribution in [0.2, 0.25) is 5.02 Å². The van der Waals surface area contributed by atoms with Crippen LogP contribution in [0.5, 0.6) is 0 Å². The van der Waals surface area contributed by atoms with E-state index in [-0.39, 0.29) is 22.6 Å². The number of nitrogens with zero attached hydrogens (tertiary/aromatic N) is 2. The number of urea groups is 1. The number of rotatable bonds is 2. The van der Waals surface area contributed by atoms with E-state index in [1.807, 2.05) is 0 Å². The van der Waals surface area contributed by atoms with Gasteiger partial charge < -0.3 is 20.2 Å². The Kier molecular flexibility index (Phi) is 5.20. The maximum absolute atomic E-state index is 13.2. The normalized spacial score (nSPS) is 16.4. The molecule has 1 aromatic rings. The van der Waals surface area contributed by atoms with E-state index in [2.05, 4.69) is 5.32 Å². The highest BCUT2D eigenvalue weighted by molar-refractivity contribution is 6.30. The van der Waals surface area contributed by atoms with Crippen LogP contribution in [0.1, 0.15) is 6.92 Å². The number of carbonyl (C=O) groups is 2. The first kappa shape index (κ1) is 16.5. The number of amides is 3. The molecular formula is C14H17ClFN3O3. The van der Waals surface area contributed by atoms with Crippen LogP contribution in [0.15, 0.2) is 18.2 Å². The Labute approximate surface area is 132 Å². The molecule has 1 aliphatic heterocycles. The zero-order chi connectivity index (χ0) is 16.3. The Bertz CT molecular complexity index is 554. The van der Waals surface area contributed by atoms with Crippen molar-refractivity contribution in [3.63, 3.8) is 0 Å². The van der Waals surface area contributed by atoms with Crippen molar-refractivity contribution in [2.24, 2.45) is 0 Å². The Hall–Kier alpha value is -1.86. The smallest absolute Gasteiger partial charge is 0.321 e. The van der Waals surface area contributed by atoms with Crippen molar-refractivity contribution in [2.45, 2.75) is 13.0 Å². The Balaban J connectivity index is 1.91. The van der Waals surface area contributed by atoms with Gasteiger partial charge in [0.15, 0.2) is 0 Å². The number of benzene rings is 1. The first-order valence-electron chi connectivity index (χ1n) is 6.85. The molecule has 0 aliphatic carbocycles. The van der Waals surface area contributed by atoms with Crippen molar-refractivity contribution in [3.8, 4) is 0 Å². The first-order valence-corrected chi connectivity index (χ1v) is 7.23. The SMILES string of the molecule is CC(O)C(=O)N1CCN(C(=O)Nc2cc(F)cc(Cl)c2)CC1. The molecule has 3 amide bonds. The van der Waals surface area contributed by atoms with Gasteiger partial charge in [-0.2, -0.15) is 0 Å². The summed E-state index contributed by atoms with van der Waals surface area (Å²) in [6.07, 6.45) is -1.05. The molecule has 8 heteroatoms. The van der Waals surface area contributed by atoms with Crippen LogP contribution in [0.25, 0.3) is 0 Å². The average Bonchev–Trinajstić information content (AvgIpc) is 2.45. The van der Waals surface area contributed by atoms with Crippen molar-refractivity contribution in [2.75, 3.05) is 31.5 Å². The van der Waals surface area contributed by atoms with Gasteiger partial charge in [0.05, 0.1) is 0 Å². The lowest BCUT2D eigenvalue weighted by atomic mass is 10.2. The monoisotopic (exact) mass is 329 g/mol. The summed E-state index contributed by atoms with van der Waals surface area (Å²) in [6, 6.07) is 3.40. The fourth-order valence-electron chi connectivity index (χ4n) is 2.22. The largest absolute Gasteiger partial charge is 0.384 e. The molecule has 0 radical (unpaired) electrons.